The van der Waals surface area contributed by atoms with Gasteiger partial charge in [-0.3, -0.25) is 4.90 Å². The molecular formula is C14H16FNOS. The first-order valence-electron chi connectivity index (χ1n) is 5.98. The van der Waals surface area contributed by atoms with Gasteiger partial charge in [0.25, 0.3) is 0 Å². The lowest BCUT2D eigenvalue weighted by molar-refractivity contribution is 0.294. The molecule has 1 aromatic rings. The minimum absolute atomic E-state index is 0.198. The van der Waals surface area contributed by atoms with E-state index >= 15 is 0 Å². The molecule has 0 amide bonds. The Labute approximate surface area is 111 Å². The van der Waals surface area contributed by atoms with Crippen LogP contribution in [0.5, 0.6) is 0 Å². The summed E-state index contributed by atoms with van der Waals surface area (Å²) in [5.74, 6) is 7.43. The summed E-state index contributed by atoms with van der Waals surface area (Å²) in [5.41, 5.74) is 1.71. The van der Waals surface area contributed by atoms with E-state index in [2.05, 4.69) is 16.7 Å². The number of halogens is 1. The van der Waals surface area contributed by atoms with E-state index in [1.165, 1.54) is 12.1 Å². The molecule has 18 heavy (non-hydrogen) atoms. The number of aliphatic hydroxyl groups is 1. The van der Waals surface area contributed by atoms with Gasteiger partial charge in [-0.1, -0.05) is 17.9 Å². The maximum atomic E-state index is 13.2. The zero-order chi connectivity index (χ0) is 12.8. The molecule has 1 saturated heterocycles. The lowest BCUT2D eigenvalue weighted by atomic mass is 10.1. The Morgan fingerprint density at radius 2 is 2.11 bits per heavy atom. The summed E-state index contributed by atoms with van der Waals surface area (Å²) in [6.45, 7) is 2.73. The van der Waals surface area contributed by atoms with Crippen molar-refractivity contribution >= 4 is 11.8 Å². The lowest BCUT2D eigenvalue weighted by Crippen LogP contribution is -2.32. The molecule has 96 valence electrons. The molecule has 0 aromatic heterocycles. The molecule has 1 aliphatic rings. The predicted molar refractivity (Wildman–Crippen MR) is 73.0 cm³/mol. The highest BCUT2D eigenvalue weighted by Gasteiger charge is 2.12. The van der Waals surface area contributed by atoms with Gasteiger partial charge in [0.1, 0.15) is 12.4 Å². The molecule has 0 aliphatic carbocycles. The summed E-state index contributed by atoms with van der Waals surface area (Å²) in [7, 11) is 0. The average molecular weight is 265 g/mol. The fourth-order valence-corrected chi connectivity index (χ4v) is 2.92. The first-order chi connectivity index (χ1) is 8.79. The van der Waals surface area contributed by atoms with Gasteiger partial charge in [-0.25, -0.2) is 4.39 Å². The standard InChI is InChI=1S/C14H16FNOS/c15-14-4-3-13(12(10-14)2-1-7-17)11-16-5-8-18-9-6-16/h3-4,10,17H,5-9,11H2. The van der Waals surface area contributed by atoms with Crippen LogP contribution in [0.1, 0.15) is 11.1 Å². The van der Waals surface area contributed by atoms with Crippen LogP contribution in [-0.4, -0.2) is 41.2 Å². The third-order valence-electron chi connectivity index (χ3n) is 2.87. The largest absolute Gasteiger partial charge is 0.384 e. The molecule has 2 nitrogen and oxygen atoms in total. The van der Waals surface area contributed by atoms with Crippen LogP contribution in [0.15, 0.2) is 18.2 Å². The quantitative estimate of drug-likeness (QED) is 0.824. The second-order valence-corrected chi connectivity index (χ2v) is 5.37. The van der Waals surface area contributed by atoms with Gasteiger partial charge < -0.3 is 5.11 Å². The van der Waals surface area contributed by atoms with E-state index in [4.69, 9.17) is 5.11 Å². The Bertz CT molecular complexity index is 461. The van der Waals surface area contributed by atoms with Gasteiger partial charge in [0, 0.05) is 36.7 Å². The van der Waals surface area contributed by atoms with Crippen LogP contribution in [0.3, 0.4) is 0 Å². The summed E-state index contributed by atoms with van der Waals surface area (Å²) in [6.07, 6.45) is 0. The van der Waals surface area contributed by atoms with Gasteiger partial charge >= 0.3 is 0 Å². The highest BCUT2D eigenvalue weighted by molar-refractivity contribution is 7.99. The Kier molecular flexibility index (Phi) is 5.06. The van der Waals surface area contributed by atoms with Gasteiger partial charge in [-0.15, -0.1) is 0 Å². The molecule has 1 aromatic carbocycles. The number of hydrogen-bond donors (Lipinski definition) is 1. The maximum absolute atomic E-state index is 13.2. The maximum Gasteiger partial charge on any atom is 0.124 e. The summed E-state index contributed by atoms with van der Waals surface area (Å²) in [5, 5.41) is 8.73. The number of rotatable bonds is 2. The zero-order valence-corrected chi connectivity index (χ0v) is 11.0. The van der Waals surface area contributed by atoms with Crippen molar-refractivity contribution in [2.24, 2.45) is 0 Å². The summed E-state index contributed by atoms with van der Waals surface area (Å²) in [4.78, 5) is 2.36. The van der Waals surface area contributed by atoms with Crippen LogP contribution in [-0.2, 0) is 6.54 Å². The molecule has 1 fully saturated rings. The smallest absolute Gasteiger partial charge is 0.124 e. The minimum atomic E-state index is -0.282. The summed E-state index contributed by atoms with van der Waals surface area (Å²) < 4.78 is 13.2. The van der Waals surface area contributed by atoms with E-state index < -0.39 is 0 Å². The fraction of sp³-hybridized carbons (Fsp3) is 0.429. The van der Waals surface area contributed by atoms with Crippen molar-refractivity contribution in [2.75, 3.05) is 31.2 Å². The third kappa shape index (κ3) is 3.74. The lowest BCUT2D eigenvalue weighted by Gasteiger charge is -2.26. The van der Waals surface area contributed by atoms with Gasteiger partial charge in [0.2, 0.25) is 0 Å². The number of hydrogen-bond acceptors (Lipinski definition) is 3. The normalized spacial score (nSPS) is 16.1. The minimum Gasteiger partial charge on any atom is -0.384 e. The zero-order valence-electron chi connectivity index (χ0n) is 10.2. The van der Waals surface area contributed by atoms with Gasteiger partial charge in [-0.05, 0) is 17.7 Å². The topological polar surface area (TPSA) is 23.5 Å². The molecule has 1 N–H and O–H groups in total. The van der Waals surface area contributed by atoms with Crippen LogP contribution in [0.2, 0.25) is 0 Å². The monoisotopic (exact) mass is 265 g/mol. The number of nitrogens with zero attached hydrogens (tertiary/aromatic N) is 1. The summed E-state index contributed by atoms with van der Waals surface area (Å²) in [6, 6.07) is 4.70. The van der Waals surface area contributed by atoms with E-state index in [9.17, 15) is 4.39 Å². The number of aliphatic hydroxyl groups excluding tert-OH is 1. The van der Waals surface area contributed by atoms with Crippen LogP contribution in [0.4, 0.5) is 4.39 Å². The van der Waals surface area contributed by atoms with Crippen molar-refractivity contribution in [3.8, 4) is 11.8 Å². The average Bonchev–Trinajstić information content (AvgIpc) is 2.40. The van der Waals surface area contributed by atoms with Crippen molar-refractivity contribution in [1.82, 2.24) is 4.90 Å². The molecule has 0 radical (unpaired) electrons. The van der Waals surface area contributed by atoms with Crippen LogP contribution in [0, 0.1) is 17.7 Å². The van der Waals surface area contributed by atoms with E-state index in [0.717, 1.165) is 36.7 Å². The first kappa shape index (κ1) is 13.4. The SMILES string of the molecule is OCC#Cc1cc(F)ccc1CN1CCSCC1. The number of thioether (sulfide) groups is 1. The Morgan fingerprint density at radius 1 is 1.33 bits per heavy atom. The third-order valence-corrected chi connectivity index (χ3v) is 3.81. The molecule has 2 rings (SSSR count). The van der Waals surface area contributed by atoms with Crippen molar-refractivity contribution < 1.29 is 9.50 Å². The van der Waals surface area contributed by atoms with Crippen LogP contribution < -0.4 is 0 Å². The summed E-state index contributed by atoms with van der Waals surface area (Å²) >= 11 is 1.97. The Balaban J connectivity index is 2.15. The van der Waals surface area contributed by atoms with E-state index in [1.807, 2.05) is 11.8 Å². The second-order valence-electron chi connectivity index (χ2n) is 4.15. The molecule has 4 heteroatoms. The van der Waals surface area contributed by atoms with E-state index in [0.29, 0.717) is 5.56 Å². The van der Waals surface area contributed by atoms with Crippen molar-refractivity contribution in [1.29, 1.82) is 0 Å². The van der Waals surface area contributed by atoms with Gasteiger partial charge in [-0.2, -0.15) is 11.8 Å². The molecule has 0 atom stereocenters. The highest BCUT2D eigenvalue weighted by Crippen LogP contribution is 2.16. The molecular weight excluding hydrogens is 249 g/mol. The van der Waals surface area contributed by atoms with Gasteiger partial charge in [0.05, 0.1) is 0 Å². The molecule has 1 heterocycles. The van der Waals surface area contributed by atoms with Crippen molar-refractivity contribution in [3.05, 3.63) is 35.1 Å². The van der Waals surface area contributed by atoms with Crippen LogP contribution >= 0.6 is 11.8 Å². The van der Waals surface area contributed by atoms with E-state index in [-0.39, 0.29) is 12.4 Å². The molecule has 0 spiro atoms. The fourth-order valence-electron chi connectivity index (χ4n) is 1.94. The molecule has 0 saturated carbocycles. The Hall–Kier alpha value is -1.02. The highest BCUT2D eigenvalue weighted by atomic mass is 32.2. The predicted octanol–water partition coefficient (Wildman–Crippen LogP) is 1.72. The van der Waals surface area contributed by atoms with E-state index in [1.54, 1.807) is 6.07 Å². The number of benzene rings is 1. The van der Waals surface area contributed by atoms with Crippen LogP contribution in [0.25, 0.3) is 0 Å². The molecule has 0 unspecified atom stereocenters. The molecule has 0 bridgehead atoms. The molecule has 1 aliphatic heterocycles. The Morgan fingerprint density at radius 3 is 2.83 bits per heavy atom. The van der Waals surface area contributed by atoms with Crippen molar-refractivity contribution in [3.63, 3.8) is 0 Å². The van der Waals surface area contributed by atoms with Gasteiger partial charge in [0.15, 0.2) is 0 Å². The second kappa shape index (κ2) is 6.79. The van der Waals surface area contributed by atoms with Crippen molar-refractivity contribution in [2.45, 2.75) is 6.54 Å². The first-order valence-corrected chi connectivity index (χ1v) is 7.13.